The maximum atomic E-state index is 12.2. The van der Waals surface area contributed by atoms with Crippen molar-refractivity contribution in [1.29, 1.82) is 0 Å². The number of nitrogens with one attached hydrogen (secondary N) is 1. The molecule has 0 bridgehead atoms. The van der Waals surface area contributed by atoms with Crippen LogP contribution in [-0.2, 0) is 20.9 Å². The molecule has 1 amide bonds. The lowest BCUT2D eigenvalue weighted by atomic mass is 10.1. The van der Waals surface area contributed by atoms with Gasteiger partial charge in [0, 0.05) is 12.4 Å². The molecule has 2 heterocycles. The lowest BCUT2D eigenvalue weighted by molar-refractivity contribution is -0.136. The summed E-state index contributed by atoms with van der Waals surface area (Å²) in [4.78, 5) is 20.2. The van der Waals surface area contributed by atoms with Gasteiger partial charge in [-0.1, -0.05) is 4.40 Å². The van der Waals surface area contributed by atoms with E-state index >= 15 is 0 Å². The summed E-state index contributed by atoms with van der Waals surface area (Å²) in [6.07, 6.45) is 2.99. The first-order valence-electron chi connectivity index (χ1n) is 7.38. The standard InChI is InChI=1S/C15H21N5O3S/c1-9(20-24(22)14(2,3)4)10-11(17-8-7-16-10)12-18-19-13(21)15(5,6)23-12/h7-8H,1-6H3,(H,19,21)/b20-9+. The highest BCUT2D eigenvalue weighted by Gasteiger charge is 2.37. The Morgan fingerprint density at radius 1 is 1.33 bits per heavy atom. The minimum Gasteiger partial charge on any atom is -0.591 e. The van der Waals surface area contributed by atoms with Crippen molar-refractivity contribution in [3.05, 3.63) is 23.8 Å². The van der Waals surface area contributed by atoms with Gasteiger partial charge in [0.1, 0.15) is 27.5 Å². The maximum absolute atomic E-state index is 12.2. The minimum atomic E-state index is -1.43. The Balaban J connectivity index is 2.42. The van der Waals surface area contributed by atoms with Gasteiger partial charge >= 0.3 is 0 Å². The van der Waals surface area contributed by atoms with Crippen molar-refractivity contribution in [2.24, 2.45) is 9.50 Å². The predicted octanol–water partition coefficient (Wildman–Crippen LogP) is 1.33. The van der Waals surface area contributed by atoms with Gasteiger partial charge in [0.15, 0.2) is 11.3 Å². The number of hydrogen-bond donors (Lipinski definition) is 1. The summed E-state index contributed by atoms with van der Waals surface area (Å²) in [7, 11) is 0. The third kappa shape index (κ3) is 3.90. The first kappa shape index (κ1) is 18.3. The van der Waals surface area contributed by atoms with Crippen LogP contribution in [0.15, 0.2) is 21.9 Å². The molecule has 1 aliphatic rings. The van der Waals surface area contributed by atoms with E-state index < -0.39 is 21.7 Å². The lowest BCUT2D eigenvalue weighted by Crippen LogP contribution is -2.48. The molecule has 1 unspecified atom stereocenters. The minimum absolute atomic E-state index is 0.138. The molecule has 1 aliphatic heterocycles. The molecule has 130 valence electrons. The highest BCUT2D eigenvalue weighted by Crippen LogP contribution is 2.21. The van der Waals surface area contributed by atoms with Gasteiger partial charge in [-0.15, -0.1) is 5.10 Å². The number of carbonyl (C=O) groups is 1. The highest BCUT2D eigenvalue weighted by molar-refractivity contribution is 7.91. The molecule has 1 aromatic rings. The van der Waals surface area contributed by atoms with Crippen molar-refractivity contribution in [2.75, 3.05) is 0 Å². The van der Waals surface area contributed by atoms with Crippen molar-refractivity contribution in [3.8, 4) is 0 Å². The van der Waals surface area contributed by atoms with Crippen LogP contribution in [-0.4, -0.2) is 42.4 Å². The lowest BCUT2D eigenvalue weighted by Gasteiger charge is -2.28. The quantitative estimate of drug-likeness (QED) is 0.652. The van der Waals surface area contributed by atoms with Crippen LogP contribution in [0.1, 0.15) is 52.9 Å². The number of carbonyl (C=O) groups excluding carboxylic acids is 1. The Morgan fingerprint density at radius 2 is 1.96 bits per heavy atom. The first-order chi connectivity index (χ1) is 11.0. The SMILES string of the molecule is C/C(=N\[S+]([O-])C(C)(C)C)c1nccnc1C1=NNC(=O)C(C)(C)O1. The van der Waals surface area contributed by atoms with Crippen LogP contribution in [0.5, 0.6) is 0 Å². The number of aromatic nitrogens is 2. The fraction of sp³-hybridized carbons (Fsp3) is 0.533. The third-order valence-electron chi connectivity index (χ3n) is 3.14. The van der Waals surface area contributed by atoms with E-state index in [9.17, 15) is 9.35 Å². The van der Waals surface area contributed by atoms with E-state index in [2.05, 4.69) is 24.9 Å². The van der Waals surface area contributed by atoms with Crippen LogP contribution in [0.4, 0.5) is 0 Å². The van der Waals surface area contributed by atoms with E-state index in [1.165, 1.54) is 12.4 Å². The van der Waals surface area contributed by atoms with Gasteiger partial charge in [-0.3, -0.25) is 9.78 Å². The zero-order valence-corrected chi connectivity index (χ0v) is 15.4. The average Bonchev–Trinajstić information content (AvgIpc) is 2.49. The van der Waals surface area contributed by atoms with Gasteiger partial charge in [-0.25, -0.2) is 10.4 Å². The molecule has 9 heteroatoms. The van der Waals surface area contributed by atoms with E-state index in [0.29, 0.717) is 17.1 Å². The summed E-state index contributed by atoms with van der Waals surface area (Å²) in [5, 5.41) is 3.91. The number of amides is 1. The topological polar surface area (TPSA) is 112 Å². The number of ether oxygens (including phenoxy) is 1. The van der Waals surface area contributed by atoms with Gasteiger partial charge in [0.2, 0.25) is 0 Å². The number of hydrazone groups is 1. The highest BCUT2D eigenvalue weighted by atomic mass is 32.2. The molecule has 1 atom stereocenters. The fourth-order valence-corrected chi connectivity index (χ4v) is 2.32. The van der Waals surface area contributed by atoms with E-state index in [1.807, 2.05) is 20.8 Å². The number of rotatable bonds is 3. The van der Waals surface area contributed by atoms with Gasteiger partial charge in [-0.2, -0.15) is 0 Å². The molecule has 0 spiro atoms. The Bertz CT molecular complexity index is 709. The van der Waals surface area contributed by atoms with Crippen LogP contribution in [0.25, 0.3) is 0 Å². The summed E-state index contributed by atoms with van der Waals surface area (Å²) in [5.74, 6) is -0.213. The van der Waals surface area contributed by atoms with Gasteiger partial charge in [0.25, 0.3) is 11.8 Å². The van der Waals surface area contributed by atoms with Crippen LogP contribution in [0, 0.1) is 0 Å². The Morgan fingerprint density at radius 3 is 2.54 bits per heavy atom. The maximum Gasteiger partial charge on any atom is 0.283 e. The van der Waals surface area contributed by atoms with E-state index in [0.717, 1.165) is 0 Å². The second-order valence-corrected chi connectivity index (χ2v) is 8.67. The molecule has 8 nitrogen and oxygen atoms in total. The molecule has 2 rings (SSSR count). The summed E-state index contributed by atoms with van der Waals surface area (Å²) in [6, 6.07) is 0. The summed E-state index contributed by atoms with van der Waals surface area (Å²) >= 11 is -1.43. The zero-order chi connectivity index (χ0) is 18.1. The normalized spacial score (nSPS) is 19.2. The Kier molecular flexibility index (Phi) is 4.95. The molecule has 1 N–H and O–H groups in total. The van der Waals surface area contributed by atoms with Crippen molar-refractivity contribution in [3.63, 3.8) is 0 Å². The zero-order valence-electron chi connectivity index (χ0n) is 14.6. The Labute approximate surface area is 144 Å². The molecule has 1 aromatic heterocycles. The predicted molar refractivity (Wildman–Crippen MR) is 92.0 cm³/mol. The van der Waals surface area contributed by atoms with Gasteiger partial charge in [-0.05, 0) is 41.5 Å². The number of hydrogen-bond acceptors (Lipinski definition) is 7. The van der Waals surface area contributed by atoms with E-state index in [1.54, 1.807) is 20.8 Å². The smallest absolute Gasteiger partial charge is 0.283 e. The van der Waals surface area contributed by atoms with Crippen molar-refractivity contribution < 1.29 is 14.1 Å². The molecule has 0 radical (unpaired) electrons. The van der Waals surface area contributed by atoms with E-state index in [-0.39, 0.29) is 11.8 Å². The summed E-state index contributed by atoms with van der Waals surface area (Å²) < 4.78 is 21.6. The second-order valence-electron chi connectivity index (χ2n) is 6.76. The van der Waals surface area contributed by atoms with Crippen molar-refractivity contribution in [2.45, 2.75) is 51.9 Å². The van der Waals surface area contributed by atoms with Crippen LogP contribution in [0.3, 0.4) is 0 Å². The monoisotopic (exact) mass is 351 g/mol. The Hall–Kier alpha value is -2.00. The summed E-state index contributed by atoms with van der Waals surface area (Å²) in [6.45, 7) is 10.5. The third-order valence-corrected chi connectivity index (χ3v) is 4.63. The molecule has 0 aromatic carbocycles. The van der Waals surface area contributed by atoms with E-state index in [4.69, 9.17) is 4.74 Å². The van der Waals surface area contributed by atoms with Crippen molar-refractivity contribution >= 4 is 28.9 Å². The first-order valence-corrected chi connectivity index (χ1v) is 8.49. The van der Waals surface area contributed by atoms with Gasteiger partial charge < -0.3 is 9.29 Å². The second kappa shape index (κ2) is 6.48. The van der Waals surface area contributed by atoms with Crippen molar-refractivity contribution in [1.82, 2.24) is 15.4 Å². The molecule has 0 fully saturated rings. The molecule has 24 heavy (non-hydrogen) atoms. The average molecular weight is 351 g/mol. The largest absolute Gasteiger partial charge is 0.591 e. The molecule has 0 aliphatic carbocycles. The fourth-order valence-electron chi connectivity index (χ4n) is 1.71. The molecular weight excluding hydrogens is 330 g/mol. The molecular formula is C15H21N5O3S. The number of nitrogens with zero attached hydrogens (tertiary/aromatic N) is 4. The molecule has 0 saturated heterocycles. The molecule has 0 saturated carbocycles. The van der Waals surface area contributed by atoms with Crippen LogP contribution in [0.2, 0.25) is 0 Å². The summed E-state index contributed by atoms with van der Waals surface area (Å²) in [5.41, 5.74) is 2.52. The van der Waals surface area contributed by atoms with Crippen LogP contribution >= 0.6 is 0 Å². The van der Waals surface area contributed by atoms with Gasteiger partial charge in [0.05, 0.1) is 0 Å². The van der Waals surface area contributed by atoms with Crippen LogP contribution < -0.4 is 5.43 Å².